The van der Waals surface area contributed by atoms with Gasteiger partial charge < -0.3 is 4.74 Å². The second kappa shape index (κ2) is 6.14. The fraction of sp³-hybridized carbons (Fsp3) is 0.400. The fourth-order valence-electron chi connectivity index (χ4n) is 1.30. The van der Waals surface area contributed by atoms with Crippen LogP contribution in [0, 0.1) is 11.3 Å². The highest BCUT2D eigenvalue weighted by Crippen LogP contribution is 2.32. The molecule has 0 saturated heterocycles. The predicted molar refractivity (Wildman–Crippen MR) is 57.8 cm³/mol. The summed E-state index contributed by atoms with van der Waals surface area (Å²) in [7, 11) is 0. The topological polar surface area (TPSA) is 45.9 Å². The van der Waals surface area contributed by atoms with Crippen molar-refractivity contribution in [1.29, 1.82) is 5.26 Å². The van der Waals surface area contributed by atoms with Crippen LogP contribution in [0.1, 0.15) is 23.4 Å². The third kappa shape index (κ3) is 4.31. The van der Waals surface area contributed by atoms with Gasteiger partial charge in [-0.05, 0) is 6.07 Å². The van der Waals surface area contributed by atoms with Crippen LogP contribution in [0.3, 0.4) is 0 Å². The molecule has 1 rings (SSSR count). The first-order valence-electron chi connectivity index (χ1n) is 4.78. The SMILES string of the molecule is N#CCc1nc(CBr)c(OC(F)(F)F)cc1C(F)F. The first-order chi connectivity index (χ1) is 8.78. The van der Waals surface area contributed by atoms with Crippen LogP contribution in [-0.4, -0.2) is 11.3 Å². The normalized spacial score (nSPS) is 11.5. The molecule has 0 aliphatic carbocycles. The Morgan fingerprint density at radius 3 is 2.42 bits per heavy atom. The summed E-state index contributed by atoms with van der Waals surface area (Å²) >= 11 is 2.88. The maximum atomic E-state index is 12.7. The highest BCUT2D eigenvalue weighted by molar-refractivity contribution is 9.08. The Bertz CT molecular complexity index is 498. The number of halogens is 6. The Kier molecular flexibility index (Phi) is 5.05. The third-order valence-corrected chi connectivity index (χ3v) is 2.54. The quantitative estimate of drug-likeness (QED) is 0.615. The zero-order valence-corrected chi connectivity index (χ0v) is 10.7. The van der Waals surface area contributed by atoms with Gasteiger partial charge in [-0.3, -0.25) is 4.98 Å². The molecule has 104 valence electrons. The Morgan fingerprint density at radius 1 is 1.37 bits per heavy atom. The van der Waals surface area contributed by atoms with E-state index in [1.807, 2.05) is 0 Å². The van der Waals surface area contributed by atoms with Crippen LogP contribution in [0.15, 0.2) is 6.07 Å². The summed E-state index contributed by atoms with van der Waals surface area (Å²) in [4.78, 5) is 3.61. The number of hydrogen-bond donors (Lipinski definition) is 0. The van der Waals surface area contributed by atoms with E-state index in [9.17, 15) is 22.0 Å². The Balaban J connectivity index is 3.32. The number of ether oxygens (including phenoxy) is 1. The van der Waals surface area contributed by atoms with E-state index in [-0.39, 0.29) is 16.7 Å². The van der Waals surface area contributed by atoms with Crippen LogP contribution in [0.2, 0.25) is 0 Å². The highest BCUT2D eigenvalue weighted by atomic mass is 79.9. The maximum Gasteiger partial charge on any atom is 0.573 e. The molecule has 1 aromatic rings. The summed E-state index contributed by atoms with van der Waals surface area (Å²) in [6.07, 6.45) is -8.48. The molecular weight excluding hydrogens is 339 g/mol. The number of rotatable bonds is 4. The lowest BCUT2D eigenvalue weighted by Gasteiger charge is -2.15. The smallest absolute Gasteiger partial charge is 0.404 e. The average molecular weight is 345 g/mol. The van der Waals surface area contributed by atoms with E-state index < -0.39 is 30.5 Å². The number of alkyl halides is 6. The lowest BCUT2D eigenvalue weighted by molar-refractivity contribution is -0.275. The van der Waals surface area contributed by atoms with E-state index in [0.717, 1.165) is 0 Å². The van der Waals surface area contributed by atoms with Gasteiger partial charge in [0.2, 0.25) is 0 Å². The molecular formula is C10H6BrF5N2O. The van der Waals surface area contributed by atoms with Crippen molar-refractivity contribution in [2.24, 2.45) is 0 Å². The van der Waals surface area contributed by atoms with Crippen molar-refractivity contribution in [2.45, 2.75) is 24.5 Å². The highest BCUT2D eigenvalue weighted by Gasteiger charge is 2.33. The Labute approximate surface area is 113 Å². The minimum Gasteiger partial charge on any atom is -0.404 e. The Hall–Kier alpha value is -1.43. The number of nitriles is 1. The van der Waals surface area contributed by atoms with Gasteiger partial charge in [0.05, 0.1) is 23.9 Å². The van der Waals surface area contributed by atoms with Crippen LogP contribution >= 0.6 is 15.9 Å². The molecule has 0 aliphatic heterocycles. The van der Waals surface area contributed by atoms with E-state index in [1.54, 1.807) is 6.07 Å². The van der Waals surface area contributed by atoms with Gasteiger partial charge in [0.25, 0.3) is 6.43 Å². The van der Waals surface area contributed by atoms with Gasteiger partial charge >= 0.3 is 6.36 Å². The van der Waals surface area contributed by atoms with Gasteiger partial charge in [-0.2, -0.15) is 5.26 Å². The summed E-state index contributed by atoms with van der Waals surface area (Å²) < 4.78 is 65.4. The van der Waals surface area contributed by atoms with Gasteiger partial charge in [-0.25, -0.2) is 8.78 Å². The molecule has 1 heterocycles. The standard InChI is InChI=1S/C10H6BrF5N2O/c11-4-7-8(19-10(14,15)16)3-5(9(12)13)6(18-7)1-2-17/h3,9H,1,4H2. The monoisotopic (exact) mass is 344 g/mol. The van der Waals surface area contributed by atoms with Gasteiger partial charge in [0.15, 0.2) is 5.75 Å². The van der Waals surface area contributed by atoms with Crippen molar-refractivity contribution in [2.75, 3.05) is 0 Å². The molecule has 0 amide bonds. The predicted octanol–water partition coefficient (Wildman–Crippen LogP) is 3.88. The number of pyridine rings is 1. The average Bonchev–Trinajstić information content (AvgIpc) is 2.28. The van der Waals surface area contributed by atoms with Crippen LogP contribution in [-0.2, 0) is 11.8 Å². The van der Waals surface area contributed by atoms with E-state index in [4.69, 9.17) is 5.26 Å². The zero-order valence-electron chi connectivity index (χ0n) is 9.14. The molecule has 0 fully saturated rings. The van der Waals surface area contributed by atoms with E-state index in [1.165, 1.54) is 0 Å². The van der Waals surface area contributed by atoms with Crippen LogP contribution < -0.4 is 4.74 Å². The fourth-order valence-corrected chi connectivity index (χ4v) is 1.71. The summed E-state index contributed by atoms with van der Waals surface area (Å²) in [5, 5.41) is 8.36. The summed E-state index contributed by atoms with van der Waals surface area (Å²) in [6.45, 7) is 0. The van der Waals surface area contributed by atoms with E-state index >= 15 is 0 Å². The van der Waals surface area contributed by atoms with Crippen molar-refractivity contribution in [3.05, 3.63) is 23.0 Å². The summed E-state index contributed by atoms with van der Waals surface area (Å²) in [5.74, 6) is -0.804. The first-order valence-corrected chi connectivity index (χ1v) is 5.90. The summed E-state index contributed by atoms with van der Waals surface area (Å²) in [6, 6.07) is 2.19. The van der Waals surface area contributed by atoms with Crippen LogP contribution in [0.25, 0.3) is 0 Å². The second-order valence-corrected chi connectivity index (χ2v) is 3.85. The minimum atomic E-state index is -5.01. The molecule has 19 heavy (non-hydrogen) atoms. The second-order valence-electron chi connectivity index (χ2n) is 3.29. The third-order valence-electron chi connectivity index (χ3n) is 2.01. The van der Waals surface area contributed by atoms with E-state index in [0.29, 0.717) is 6.07 Å². The lowest BCUT2D eigenvalue weighted by Crippen LogP contribution is -2.19. The largest absolute Gasteiger partial charge is 0.573 e. The summed E-state index contributed by atoms with van der Waals surface area (Å²) in [5.41, 5.74) is -1.21. The van der Waals surface area contributed by atoms with Crippen molar-refractivity contribution in [3.8, 4) is 11.8 Å². The van der Waals surface area contributed by atoms with Gasteiger partial charge in [-0.1, -0.05) is 15.9 Å². The molecule has 0 N–H and O–H groups in total. The van der Waals surface area contributed by atoms with Crippen molar-refractivity contribution in [3.63, 3.8) is 0 Å². The van der Waals surface area contributed by atoms with Crippen molar-refractivity contribution < 1.29 is 26.7 Å². The molecule has 0 radical (unpaired) electrons. The number of aromatic nitrogens is 1. The number of hydrogen-bond acceptors (Lipinski definition) is 3. The first kappa shape index (κ1) is 15.6. The minimum absolute atomic E-state index is 0.125. The lowest BCUT2D eigenvalue weighted by atomic mass is 10.1. The molecule has 1 aromatic heterocycles. The molecule has 3 nitrogen and oxygen atoms in total. The molecule has 0 aromatic carbocycles. The molecule has 0 unspecified atom stereocenters. The van der Waals surface area contributed by atoms with Gasteiger partial charge in [0, 0.05) is 10.9 Å². The molecule has 0 spiro atoms. The maximum absolute atomic E-state index is 12.7. The van der Waals surface area contributed by atoms with Gasteiger partial charge in [-0.15, -0.1) is 13.2 Å². The molecule has 0 bridgehead atoms. The molecule has 0 atom stereocenters. The molecule has 0 saturated carbocycles. The zero-order chi connectivity index (χ0) is 14.6. The Morgan fingerprint density at radius 2 is 2.00 bits per heavy atom. The van der Waals surface area contributed by atoms with Crippen LogP contribution in [0.4, 0.5) is 22.0 Å². The molecule has 0 aliphatic rings. The van der Waals surface area contributed by atoms with Gasteiger partial charge in [0.1, 0.15) is 0 Å². The van der Waals surface area contributed by atoms with Crippen molar-refractivity contribution in [1.82, 2.24) is 4.98 Å². The van der Waals surface area contributed by atoms with Crippen molar-refractivity contribution >= 4 is 15.9 Å². The van der Waals surface area contributed by atoms with E-state index in [2.05, 4.69) is 25.7 Å². The molecule has 9 heteroatoms. The van der Waals surface area contributed by atoms with Crippen LogP contribution in [0.5, 0.6) is 5.75 Å². The number of nitrogens with zero attached hydrogens (tertiary/aromatic N) is 2.